The van der Waals surface area contributed by atoms with Gasteiger partial charge < -0.3 is 16.0 Å². The predicted molar refractivity (Wildman–Crippen MR) is 51.6 cm³/mol. The zero-order valence-electron chi connectivity index (χ0n) is 8.72. The first-order valence-corrected chi connectivity index (χ1v) is 4.76. The maximum atomic E-state index is 11.7. The van der Waals surface area contributed by atoms with Gasteiger partial charge in [-0.3, -0.25) is 4.79 Å². The fourth-order valence-electron chi connectivity index (χ4n) is 2.15. The van der Waals surface area contributed by atoms with Gasteiger partial charge in [0.25, 0.3) is 5.78 Å². The number of nitrogens with zero attached hydrogens (tertiary/aromatic N) is 2. The summed E-state index contributed by atoms with van der Waals surface area (Å²) in [6, 6.07) is 0. The van der Waals surface area contributed by atoms with Gasteiger partial charge in [-0.25, -0.2) is 4.79 Å². The molecule has 0 saturated heterocycles. The van der Waals surface area contributed by atoms with E-state index in [1.165, 1.54) is 0 Å². The summed E-state index contributed by atoms with van der Waals surface area (Å²) in [5.74, 6) is -0.573. The molecule has 0 aromatic rings. The normalized spacial score (nSPS) is 27.4. The van der Waals surface area contributed by atoms with Crippen molar-refractivity contribution in [3.8, 4) is 0 Å². The third kappa shape index (κ3) is 2.04. The molecular weight excluding hydrogens is 455 g/mol. The van der Waals surface area contributed by atoms with Crippen molar-refractivity contribution in [2.75, 3.05) is 0 Å². The van der Waals surface area contributed by atoms with Gasteiger partial charge in [-0.2, -0.15) is 4.79 Å². The van der Waals surface area contributed by atoms with Crippen molar-refractivity contribution in [2.24, 2.45) is 5.92 Å². The molecule has 0 aromatic heterocycles. The fraction of sp³-hybridized carbons (Fsp3) is 0.667. The molecule has 94 valence electrons. The van der Waals surface area contributed by atoms with E-state index < -0.39 is 17.4 Å². The minimum atomic E-state index is -1.23. The summed E-state index contributed by atoms with van der Waals surface area (Å²) in [4.78, 5) is 25.0. The molecule has 1 aliphatic carbocycles. The molecule has 0 spiro atoms. The Bertz CT molecular complexity index is 341. The number of carbonyl (C=O) groups excluding carboxylic acids is 1. The van der Waals surface area contributed by atoms with Crippen LogP contribution < -0.4 is 5.32 Å². The van der Waals surface area contributed by atoms with Crippen LogP contribution in [0.1, 0.15) is 26.2 Å². The van der Waals surface area contributed by atoms with Crippen molar-refractivity contribution in [1.29, 1.82) is 0 Å². The summed E-state index contributed by atoms with van der Waals surface area (Å²) < 4.78 is 0. The van der Waals surface area contributed by atoms with Crippen LogP contribution in [0.3, 0.4) is 0 Å². The molecule has 0 aromatic carbocycles. The van der Waals surface area contributed by atoms with E-state index in [0.29, 0.717) is 6.42 Å². The van der Waals surface area contributed by atoms with Gasteiger partial charge >= 0.3 is 12.3 Å². The van der Waals surface area contributed by atoms with Crippen molar-refractivity contribution in [1.82, 2.24) is 5.32 Å². The van der Waals surface area contributed by atoms with E-state index in [0.717, 1.165) is 19.1 Å². The van der Waals surface area contributed by atoms with Crippen LogP contribution in [0.15, 0.2) is 0 Å². The van der Waals surface area contributed by atoms with Gasteiger partial charge in [0, 0.05) is 0 Å². The van der Waals surface area contributed by atoms with Crippen LogP contribution in [0.5, 0.6) is 0 Å². The van der Waals surface area contributed by atoms with E-state index >= 15 is 0 Å². The molecule has 1 fully saturated rings. The van der Waals surface area contributed by atoms with Crippen LogP contribution >= 0.6 is 0 Å². The van der Waals surface area contributed by atoms with Gasteiger partial charge in [0.05, 0.1) is 0 Å². The van der Waals surface area contributed by atoms with Gasteiger partial charge in [-0.05, 0) is 18.8 Å². The van der Waals surface area contributed by atoms with E-state index in [1.807, 2.05) is 6.92 Å². The van der Waals surface area contributed by atoms with E-state index in [-0.39, 0.29) is 5.92 Å². The van der Waals surface area contributed by atoms with Crippen molar-refractivity contribution < 1.29 is 19.5 Å². The first-order chi connectivity index (χ1) is 7.03. The van der Waals surface area contributed by atoms with Crippen molar-refractivity contribution in [2.45, 2.75) is 31.7 Å². The predicted octanol–water partition coefficient (Wildman–Crippen LogP) is 0.682. The monoisotopic (exact) mass is 468 g/mol. The van der Waals surface area contributed by atoms with Crippen LogP contribution in [0, 0.1) is 5.92 Å². The zero-order valence-corrected chi connectivity index (χ0v) is 11.1. The summed E-state index contributed by atoms with van der Waals surface area (Å²) in [5, 5.41) is 11.0. The average molecular weight is 468 g/mol. The molecule has 0 radical (unpaired) electrons. The number of hydrogen-bond donors (Lipinski definition) is 2. The molecule has 2 unspecified atom stereocenters. The Morgan fingerprint density at radius 3 is 2.62 bits per heavy atom. The second-order valence-electron chi connectivity index (χ2n) is 3.80. The number of carboxylic acid groups (broad SMARTS) is 1. The van der Waals surface area contributed by atoms with E-state index in [1.54, 1.807) is 0 Å². The summed E-state index contributed by atoms with van der Waals surface area (Å²) in [6.07, 6.45) is 1.55. The van der Waals surface area contributed by atoms with Crippen LogP contribution in [-0.2, 0) is 4.79 Å². The minimum Gasteiger partial charge on any atom is -0.465 e. The third-order valence-corrected chi connectivity index (χ3v) is 2.99. The van der Waals surface area contributed by atoms with Gasteiger partial charge in [0.1, 0.15) is 5.54 Å². The summed E-state index contributed by atoms with van der Waals surface area (Å²) in [7, 11) is 0. The second-order valence-corrected chi connectivity index (χ2v) is 3.80. The summed E-state index contributed by atoms with van der Waals surface area (Å²) in [6.45, 7) is 1.81. The average Bonchev–Trinajstić information content (AvgIpc) is 2.48. The van der Waals surface area contributed by atoms with Crippen LogP contribution in [0.4, 0.5) is 4.79 Å². The maximum absolute atomic E-state index is 11.7. The number of rotatable bonds is 3. The number of ketones is 1. The first kappa shape index (κ1) is 13.3. The molecule has 2 atom stereocenters. The van der Waals surface area contributed by atoms with Crippen molar-refractivity contribution in [3.05, 3.63) is 5.53 Å². The summed E-state index contributed by atoms with van der Waals surface area (Å²) in [5.41, 5.74) is 7.19. The Hall–Kier alpha value is -2.68. The van der Waals surface area contributed by atoms with E-state index in [4.69, 9.17) is 10.6 Å². The number of amides is 1. The molecule has 1 saturated carbocycles. The number of carbonyl (C=O) groups is 2. The van der Waals surface area contributed by atoms with Crippen molar-refractivity contribution in [3.63, 3.8) is 0 Å². The van der Waals surface area contributed by atoms with Crippen LogP contribution in [-0.4, -0.2) is 33.5 Å². The SMILES string of the molecule is CC1CCCC1(NC(=O)O)C(=O)C=[N+]=[N-].[Fm]. The Morgan fingerprint density at radius 2 is 2.25 bits per heavy atom. The second kappa shape index (κ2) is 4.70. The Kier molecular flexibility index (Phi) is 3.92. The Morgan fingerprint density at radius 1 is 1.62 bits per heavy atom. The van der Waals surface area contributed by atoms with Gasteiger partial charge in [-0.1, -0.05) is 13.3 Å². The number of hydrogen-bond acceptors (Lipinski definition) is 2. The van der Waals surface area contributed by atoms with Crippen molar-refractivity contribution >= 4 is 18.1 Å². The Balaban J connectivity index is 0.00000225. The number of nitrogens with one attached hydrogen (secondary N) is 1. The first-order valence-electron chi connectivity index (χ1n) is 4.76. The standard InChI is InChI=1S/C9H13N3O3.Fm/c1-6-3-2-4-9(6,12-8(14)15)7(13)5-11-10;/h5-6,12H,2-4H2,1H3,(H,14,15);. The fourth-order valence-corrected chi connectivity index (χ4v) is 2.15. The third-order valence-electron chi connectivity index (χ3n) is 2.99. The molecule has 7 heteroatoms. The molecule has 6 nitrogen and oxygen atoms in total. The molecule has 2 N–H and O–H groups in total. The minimum absolute atomic E-state index is 0. The molecular formula is C9H13FmN3O3. The maximum Gasteiger partial charge on any atom is 0.405 e. The van der Waals surface area contributed by atoms with Crippen LogP contribution in [0.25, 0.3) is 5.53 Å². The molecule has 0 heterocycles. The van der Waals surface area contributed by atoms with Gasteiger partial charge in [0.15, 0.2) is 0 Å². The van der Waals surface area contributed by atoms with Crippen LogP contribution in [0.2, 0.25) is 0 Å². The molecule has 0 aliphatic heterocycles. The van der Waals surface area contributed by atoms with Gasteiger partial charge in [0.2, 0.25) is 0 Å². The molecule has 1 rings (SSSR count). The topological polar surface area (TPSA) is 103 Å². The smallest absolute Gasteiger partial charge is 0.405 e. The largest absolute Gasteiger partial charge is 0.465 e. The molecule has 1 aliphatic rings. The van der Waals surface area contributed by atoms with E-state index in [9.17, 15) is 9.59 Å². The zero-order chi connectivity index (χ0) is 11.5. The molecule has 1 amide bonds. The Labute approximate surface area is 86.9 Å². The molecule has 0 bridgehead atoms. The quantitative estimate of drug-likeness (QED) is 0.362. The number of Topliss-reactive ketones (excluding diaryl/α,β-unsaturated/α-hetero) is 1. The molecule has 16 heavy (non-hydrogen) atoms. The van der Waals surface area contributed by atoms with E-state index in [2.05, 4.69) is 10.1 Å². The van der Waals surface area contributed by atoms with Gasteiger partial charge in [-0.15, -0.1) is 0 Å². The summed E-state index contributed by atoms with van der Waals surface area (Å²) >= 11 is 0.